The van der Waals surface area contributed by atoms with E-state index in [0.717, 1.165) is 0 Å². The van der Waals surface area contributed by atoms with Crippen molar-refractivity contribution in [3.05, 3.63) is 0 Å². The molecule has 2 heteroatoms. The van der Waals surface area contributed by atoms with E-state index in [-0.39, 0.29) is 0 Å². The van der Waals surface area contributed by atoms with Crippen molar-refractivity contribution in [1.29, 1.82) is 0 Å². The Labute approximate surface area is 102 Å². The number of nitrogens with zero attached hydrogens (tertiary/aromatic N) is 1. The van der Waals surface area contributed by atoms with Crippen molar-refractivity contribution in [2.75, 3.05) is 19.6 Å². The second-order valence-corrected chi connectivity index (χ2v) is 5.71. The number of hydrogen-bond donors (Lipinski definition) is 1. The molecule has 1 atom stereocenters. The Kier molecular flexibility index (Phi) is 5.77. The summed E-state index contributed by atoms with van der Waals surface area (Å²) in [4.78, 5) is 2.66. The first-order chi connectivity index (χ1) is 7.62. The normalized spacial score (nSPS) is 22.5. The summed E-state index contributed by atoms with van der Waals surface area (Å²) < 4.78 is 0. The van der Waals surface area contributed by atoms with Crippen LogP contribution in [0.25, 0.3) is 0 Å². The summed E-state index contributed by atoms with van der Waals surface area (Å²) in [7, 11) is 0. The van der Waals surface area contributed by atoms with Crippen molar-refractivity contribution < 1.29 is 0 Å². The molecular weight excluding hydrogens is 196 g/mol. The molecule has 1 rings (SSSR count). The molecule has 0 bridgehead atoms. The Morgan fingerprint density at radius 2 is 1.94 bits per heavy atom. The van der Waals surface area contributed by atoms with E-state index in [2.05, 4.69) is 25.7 Å². The second kappa shape index (κ2) is 6.61. The number of nitrogens with two attached hydrogens (primary N) is 1. The minimum atomic E-state index is 0.379. The number of hydrogen-bond acceptors (Lipinski definition) is 2. The van der Waals surface area contributed by atoms with Crippen LogP contribution in [0.15, 0.2) is 0 Å². The van der Waals surface area contributed by atoms with E-state index >= 15 is 0 Å². The molecule has 0 aromatic rings. The number of likely N-dealkylation sites (tertiary alicyclic amines) is 1. The molecule has 1 saturated heterocycles. The Hall–Kier alpha value is -0.0800. The Morgan fingerprint density at radius 3 is 2.44 bits per heavy atom. The van der Waals surface area contributed by atoms with Crippen LogP contribution in [0.3, 0.4) is 0 Å². The minimum Gasteiger partial charge on any atom is -0.328 e. The van der Waals surface area contributed by atoms with Crippen molar-refractivity contribution in [3.63, 3.8) is 0 Å². The van der Waals surface area contributed by atoms with Gasteiger partial charge in [-0.2, -0.15) is 0 Å². The van der Waals surface area contributed by atoms with Gasteiger partial charge in [0, 0.05) is 12.6 Å². The van der Waals surface area contributed by atoms with Gasteiger partial charge in [0.25, 0.3) is 0 Å². The van der Waals surface area contributed by atoms with Crippen LogP contribution in [0.2, 0.25) is 0 Å². The third-order valence-corrected chi connectivity index (χ3v) is 4.40. The molecule has 1 aliphatic rings. The molecule has 0 spiro atoms. The van der Waals surface area contributed by atoms with Crippen LogP contribution in [0.1, 0.15) is 59.3 Å². The largest absolute Gasteiger partial charge is 0.328 e. The fourth-order valence-electron chi connectivity index (χ4n) is 2.85. The van der Waals surface area contributed by atoms with E-state index in [0.29, 0.717) is 11.5 Å². The average Bonchev–Trinajstić information content (AvgIpc) is 2.69. The smallest absolute Gasteiger partial charge is 0.00382 e. The van der Waals surface area contributed by atoms with Crippen LogP contribution in [0.4, 0.5) is 0 Å². The molecule has 0 aromatic heterocycles. The highest BCUT2D eigenvalue weighted by atomic mass is 15.2. The van der Waals surface area contributed by atoms with Crippen LogP contribution >= 0.6 is 0 Å². The lowest BCUT2D eigenvalue weighted by atomic mass is 9.82. The zero-order valence-corrected chi connectivity index (χ0v) is 11.5. The van der Waals surface area contributed by atoms with E-state index in [1.165, 1.54) is 58.2 Å². The maximum atomic E-state index is 5.76. The third-order valence-electron chi connectivity index (χ3n) is 4.40. The predicted molar refractivity (Wildman–Crippen MR) is 71.6 cm³/mol. The molecule has 0 saturated carbocycles. The van der Waals surface area contributed by atoms with Gasteiger partial charge in [-0.05, 0) is 57.5 Å². The maximum absolute atomic E-state index is 5.76. The minimum absolute atomic E-state index is 0.379. The molecule has 2 nitrogen and oxygen atoms in total. The van der Waals surface area contributed by atoms with Crippen molar-refractivity contribution in [2.24, 2.45) is 11.1 Å². The van der Waals surface area contributed by atoms with Gasteiger partial charge in [0.2, 0.25) is 0 Å². The molecule has 1 heterocycles. The summed E-state index contributed by atoms with van der Waals surface area (Å²) in [5, 5.41) is 0. The van der Waals surface area contributed by atoms with Crippen molar-refractivity contribution >= 4 is 0 Å². The molecule has 96 valence electrons. The van der Waals surface area contributed by atoms with Gasteiger partial charge in [-0.25, -0.2) is 0 Å². The topological polar surface area (TPSA) is 29.3 Å². The number of unbranched alkanes of at least 4 members (excludes halogenated alkanes) is 1. The molecule has 0 radical (unpaired) electrons. The summed E-state index contributed by atoms with van der Waals surface area (Å²) in [6.07, 6.45) is 7.90. The van der Waals surface area contributed by atoms with Gasteiger partial charge < -0.3 is 10.6 Å². The highest BCUT2D eigenvalue weighted by Gasteiger charge is 2.34. The van der Waals surface area contributed by atoms with Gasteiger partial charge in [0.1, 0.15) is 0 Å². The van der Waals surface area contributed by atoms with Crippen molar-refractivity contribution in [3.8, 4) is 0 Å². The summed E-state index contributed by atoms with van der Waals surface area (Å²) in [6, 6.07) is 0.379. The molecule has 2 N–H and O–H groups in total. The van der Waals surface area contributed by atoms with Crippen LogP contribution in [0, 0.1) is 5.41 Å². The van der Waals surface area contributed by atoms with E-state index in [4.69, 9.17) is 5.73 Å². The molecule has 0 aliphatic carbocycles. The second-order valence-electron chi connectivity index (χ2n) is 5.71. The van der Waals surface area contributed by atoms with Gasteiger partial charge in [0.05, 0.1) is 0 Å². The predicted octanol–water partition coefficient (Wildman–Crippen LogP) is 3.02. The lowest BCUT2D eigenvalue weighted by Crippen LogP contribution is -2.27. The first-order valence-corrected chi connectivity index (χ1v) is 7.10. The first kappa shape index (κ1) is 14.0. The lowest BCUT2D eigenvalue weighted by Gasteiger charge is -2.26. The summed E-state index contributed by atoms with van der Waals surface area (Å²) in [5.74, 6) is 0. The highest BCUT2D eigenvalue weighted by molar-refractivity contribution is 4.87. The van der Waals surface area contributed by atoms with Gasteiger partial charge in [-0.15, -0.1) is 0 Å². The average molecular weight is 226 g/mol. The Morgan fingerprint density at radius 1 is 1.25 bits per heavy atom. The number of rotatable bonds is 7. The molecule has 0 amide bonds. The van der Waals surface area contributed by atoms with Gasteiger partial charge in [0.15, 0.2) is 0 Å². The fraction of sp³-hybridized carbons (Fsp3) is 1.00. The van der Waals surface area contributed by atoms with Crippen LogP contribution < -0.4 is 5.73 Å². The summed E-state index contributed by atoms with van der Waals surface area (Å²) in [6.45, 7) is 10.7. The SMILES string of the molecule is CCC1(CC)CCN(CCCCC(C)N)C1. The first-order valence-electron chi connectivity index (χ1n) is 7.10. The summed E-state index contributed by atoms with van der Waals surface area (Å²) >= 11 is 0. The molecule has 16 heavy (non-hydrogen) atoms. The third kappa shape index (κ3) is 4.06. The van der Waals surface area contributed by atoms with Gasteiger partial charge in [-0.3, -0.25) is 0 Å². The summed E-state index contributed by atoms with van der Waals surface area (Å²) in [5.41, 5.74) is 6.40. The quantitative estimate of drug-likeness (QED) is 0.676. The Balaban J connectivity index is 2.16. The van der Waals surface area contributed by atoms with Gasteiger partial charge >= 0.3 is 0 Å². The lowest BCUT2D eigenvalue weighted by molar-refractivity contribution is 0.237. The van der Waals surface area contributed by atoms with Crippen LogP contribution in [-0.4, -0.2) is 30.6 Å². The fourth-order valence-corrected chi connectivity index (χ4v) is 2.85. The van der Waals surface area contributed by atoms with Crippen molar-refractivity contribution in [2.45, 2.75) is 65.3 Å². The zero-order chi connectivity index (χ0) is 12.0. The standard InChI is InChI=1S/C14H30N2/c1-4-14(5-2)9-11-16(12-14)10-7-6-8-13(3)15/h13H,4-12,15H2,1-3H3. The van der Waals surface area contributed by atoms with E-state index in [1.54, 1.807) is 0 Å². The monoisotopic (exact) mass is 226 g/mol. The van der Waals surface area contributed by atoms with E-state index in [9.17, 15) is 0 Å². The van der Waals surface area contributed by atoms with E-state index < -0.39 is 0 Å². The van der Waals surface area contributed by atoms with Crippen molar-refractivity contribution in [1.82, 2.24) is 4.90 Å². The Bertz CT molecular complexity index is 185. The molecule has 0 aromatic carbocycles. The van der Waals surface area contributed by atoms with Crippen LogP contribution in [0.5, 0.6) is 0 Å². The van der Waals surface area contributed by atoms with Crippen LogP contribution in [-0.2, 0) is 0 Å². The molecular formula is C14H30N2. The molecule has 1 fully saturated rings. The maximum Gasteiger partial charge on any atom is 0.00382 e. The molecule has 1 aliphatic heterocycles. The molecule has 1 unspecified atom stereocenters. The van der Waals surface area contributed by atoms with E-state index in [1.807, 2.05) is 0 Å². The zero-order valence-electron chi connectivity index (χ0n) is 11.5. The van der Waals surface area contributed by atoms with Gasteiger partial charge in [-0.1, -0.05) is 20.3 Å². The highest BCUT2D eigenvalue weighted by Crippen LogP contribution is 2.36.